The monoisotopic (exact) mass is 246 g/mol. The van der Waals surface area contributed by atoms with E-state index in [1.807, 2.05) is 30.5 Å². The van der Waals surface area contributed by atoms with Crippen molar-refractivity contribution in [1.29, 1.82) is 0 Å². The Balaban J connectivity index is 2.20. The molecule has 0 aliphatic carbocycles. The summed E-state index contributed by atoms with van der Waals surface area (Å²) in [6.07, 6.45) is 4.31. The van der Waals surface area contributed by atoms with E-state index in [4.69, 9.17) is 0 Å². The number of hydrogen-bond donors (Lipinski definition) is 1. The van der Waals surface area contributed by atoms with E-state index in [0.29, 0.717) is 12.1 Å². The molecule has 0 aliphatic rings. The van der Waals surface area contributed by atoms with Crippen molar-refractivity contribution >= 4 is 17.2 Å². The quantitative estimate of drug-likeness (QED) is 0.901. The summed E-state index contributed by atoms with van der Waals surface area (Å²) in [5, 5.41) is 4.86. The van der Waals surface area contributed by atoms with Crippen molar-refractivity contribution in [2.75, 3.05) is 6.54 Å². The van der Waals surface area contributed by atoms with Crippen LogP contribution in [-0.2, 0) is 0 Å². The normalized spacial score (nSPS) is 10.2. The molecule has 17 heavy (non-hydrogen) atoms. The molecule has 2 rings (SSSR count). The fourth-order valence-corrected chi connectivity index (χ4v) is 2.19. The first-order valence-corrected chi connectivity index (χ1v) is 6.46. The van der Waals surface area contributed by atoms with Gasteiger partial charge in [0.15, 0.2) is 0 Å². The van der Waals surface area contributed by atoms with Crippen LogP contribution in [0.2, 0.25) is 0 Å². The van der Waals surface area contributed by atoms with E-state index in [9.17, 15) is 4.79 Å². The van der Waals surface area contributed by atoms with Gasteiger partial charge < -0.3 is 5.32 Å². The predicted octanol–water partition coefficient (Wildman–Crippen LogP) is 2.95. The summed E-state index contributed by atoms with van der Waals surface area (Å²) in [7, 11) is 0. The average molecular weight is 246 g/mol. The molecule has 0 bridgehead atoms. The van der Waals surface area contributed by atoms with Gasteiger partial charge in [0, 0.05) is 29.4 Å². The largest absolute Gasteiger partial charge is 0.352 e. The van der Waals surface area contributed by atoms with Gasteiger partial charge in [0.2, 0.25) is 0 Å². The van der Waals surface area contributed by atoms with Gasteiger partial charge in [-0.3, -0.25) is 9.78 Å². The maximum Gasteiger partial charge on any atom is 0.252 e. The Morgan fingerprint density at radius 1 is 1.47 bits per heavy atom. The Bertz CT molecular complexity index is 494. The van der Waals surface area contributed by atoms with Crippen LogP contribution >= 0.6 is 11.3 Å². The van der Waals surface area contributed by atoms with E-state index >= 15 is 0 Å². The zero-order valence-electron chi connectivity index (χ0n) is 9.64. The third-order valence-corrected chi connectivity index (χ3v) is 3.26. The number of amides is 1. The topological polar surface area (TPSA) is 42.0 Å². The molecule has 3 nitrogen and oxygen atoms in total. The molecule has 0 aromatic carbocycles. The van der Waals surface area contributed by atoms with Crippen molar-refractivity contribution in [2.24, 2.45) is 0 Å². The number of nitrogens with one attached hydrogen (secondary N) is 1. The molecule has 2 heterocycles. The first-order chi connectivity index (χ1) is 8.31. The smallest absolute Gasteiger partial charge is 0.252 e. The Morgan fingerprint density at radius 3 is 3.06 bits per heavy atom. The van der Waals surface area contributed by atoms with Gasteiger partial charge in [0.05, 0.1) is 5.56 Å². The van der Waals surface area contributed by atoms with Crippen molar-refractivity contribution in [3.8, 4) is 10.4 Å². The molecule has 1 N–H and O–H groups in total. The molecule has 0 unspecified atom stereocenters. The van der Waals surface area contributed by atoms with Crippen LogP contribution in [0.5, 0.6) is 0 Å². The standard InChI is InChI=1S/C13H14N2OS/c1-2-5-15-13(16)11-7-10(8-14-9-11)12-4-3-6-17-12/h3-4,6-9H,2,5H2,1H3,(H,15,16). The maximum atomic E-state index is 11.8. The summed E-state index contributed by atoms with van der Waals surface area (Å²) < 4.78 is 0. The van der Waals surface area contributed by atoms with Crippen LogP contribution in [0.4, 0.5) is 0 Å². The van der Waals surface area contributed by atoms with Crippen molar-refractivity contribution in [2.45, 2.75) is 13.3 Å². The number of thiophene rings is 1. The van der Waals surface area contributed by atoms with Gasteiger partial charge in [0.25, 0.3) is 5.91 Å². The predicted molar refractivity (Wildman–Crippen MR) is 70.2 cm³/mol. The number of aromatic nitrogens is 1. The summed E-state index contributed by atoms with van der Waals surface area (Å²) in [5.74, 6) is -0.0576. The van der Waals surface area contributed by atoms with Gasteiger partial charge >= 0.3 is 0 Å². The number of carbonyl (C=O) groups is 1. The van der Waals surface area contributed by atoms with E-state index in [0.717, 1.165) is 16.9 Å². The van der Waals surface area contributed by atoms with Crippen LogP contribution in [-0.4, -0.2) is 17.4 Å². The summed E-state index contributed by atoms with van der Waals surface area (Å²) in [6, 6.07) is 5.89. The van der Waals surface area contributed by atoms with Gasteiger partial charge in [-0.1, -0.05) is 13.0 Å². The lowest BCUT2D eigenvalue weighted by atomic mass is 10.1. The highest BCUT2D eigenvalue weighted by Gasteiger charge is 2.07. The first-order valence-electron chi connectivity index (χ1n) is 5.58. The zero-order chi connectivity index (χ0) is 12.1. The van der Waals surface area contributed by atoms with E-state index < -0.39 is 0 Å². The second-order valence-corrected chi connectivity index (χ2v) is 4.64. The molecule has 2 aromatic rings. The van der Waals surface area contributed by atoms with E-state index in [1.165, 1.54) is 0 Å². The minimum absolute atomic E-state index is 0.0576. The molecule has 0 fully saturated rings. The minimum atomic E-state index is -0.0576. The summed E-state index contributed by atoms with van der Waals surface area (Å²) in [4.78, 5) is 17.0. The highest BCUT2D eigenvalue weighted by molar-refractivity contribution is 7.13. The molecule has 2 aromatic heterocycles. The van der Waals surface area contributed by atoms with Crippen LogP contribution in [0.25, 0.3) is 10.4 Å². The average Bonchev–Trinajstić information content (AvgIpc) is 2.90. The molecule has 0 saturated heterocycles. The molecule has 1 amide bonds. The Labute approximate surface area is 105 Å². The second kappa shape index (κ2) is 5.59. The fourth-order valence-electron chi connectivity index (χ4n) is 1.48. The van der Waals surface area contributed by atoms with E-state index in [1.54, 1.807) is 23.7 Å². The minimum Gasteiger partial charge on any atom is -0.352 e. The lowest BCUT2D eigenvalue weighted by Crippen LogP contribution is -2.24. The van der Waals surface area contributed by atoms with Gasteiger partial charge in [0.1, 0.15) is 0 Å². The van der Waals surface area contributed by atoms with Crippen LogP contribution in [0.1, 0.15) is 23.7 Å². The lowest BCUT2D eigenvalue weighted by molar-refractivity contribution is 0.0953. The molecule has 0 radical (unpaired) electrons. The maximum absolute atomic E-state index is 11.8. The highest BCUT2D eigenvalue weighted by Crippen LogP contribution is 2.24. The summed E-state index contributed by atoms with van der Waals surface area (Å²) >= 11 is 1.64. The third-order valence-electron chi connectivity index (χ3n) is 2.34. The Hall–Kier alpha value is -1.68. The molecule has 0 spiro atoms. The molecule has 0 atom stereocenters. The zero-order valence-corrected chi connectivity index (χ0v) is 10.5. The number of pyridine rings is 1. The SMILES string of the molecule is CCCNC(=O)c1cncc(-c2cccs2)c1. The number of rotatable bonds is 4. The van der Waals surface area contributed by atoms with Crippen molar-refractivity contribution < 1.29 is 4.79 Å². The molecule has 4 heteroatoms. The van der Waals surface area contributed by atoms with E-state index in [2.05, 4.69) is 10.3 Å². The van der Waals surface area contributed by atoms with Crippen molar-refractivity contribution in [3.63, 3.8) is 0 Å². The third kappa shape index (κ3) is 2.91. The van der Waals surface area contributed by atoms with Crippen molar-refractivity contribution in [1.82, 2.24) is 10.3 Å². The van der Waals surface area contributed by atoms with Crippen LogP contribution < -0.4 is 5.32 Å². The van der Waals surface area contributed by atoms with Gasteiger partial charge in [-0.2, -0.15) is 0 Å². The first kappa shape index (κ1) is 11.8. The fraction of sp³-hybridized carbons (Fsp3) is 0.231. The molecule has 0 aliphatic heterocycles. The number of hydrogen-bond acceptors (Lipinski definition) is 3. The number of carbonyl (C=O) groups excluding carboxylic acids is 1. The molecule has 0 saturated carbocycles. The van der Waals surface area contributed by atoms with Gasteiger partial charge in [-0.25, -0.2) is 0 Å². The second-order valence-electron chi connectivity index (χ2n) is 3.70. The Morgan fingerprint density at radius 2 is 2.35 bits per heavy atom. The van der Waals surface area contributed by atoms with Crippen LogP contribution in [0.15, 0.2) is 36.0 Å². The van der Waals surface area contributed by atoms with Crippen LogP contribution in [0, 0.1) is 0 Å². The molecule has 88 valence electrons. The van der Waals surface area contributed by atoms with Crippen LogP contribution in [0.3, 0.4) is 0 Å². The highest BCUT2D eigenvalue weighted by atomic mass is 32.1. The summed E-state index contributed by atoms with van der Waals surface area (Å²) in [6.45, 7) is 2.72. The molecular weight excluding hydrogens is 232 g/mol. The number of nitrogens with zero attached hydrogens (tertiary/aromatic N) is 1. The summed E-state index contributed by atoms with van der Waals surface area (Å²) in [5.41, 5.74) is 1.61. The van der Waals surface area contributed by atoms with Gasteiger partial charge in [-0.15, -0.1) is 11.3 Å². The molecular formula is C13H14N2OS. The van der Waals surface area contributed by atoms with E-state index in [-0.39, 0.29) is 5.91 Å². The Kier molecular flexibility index (Phi) is 3.88. The van der Waals surface area contributed by atoms with Gasteiger partial charge in [-0.05, 0) is 23.9 Å². The lowest BCUT2D eigenvalue weighted by Gasteiger charge is -2.04. The van der Waals surface area contributed by atoms with Crippen molar-refractivity contribution in [3.05, 3.63) is 41.5 Å².